The van der Waals surface area contributed by atoms with E-state index in [4.69, 9.17) is 11.1 Å². The molecule has 2 saturated heterocycles. The molecule has 2 fully saturated rings. The molecule has 1 aromatic carbocycles. The number of nitrogens with zero attached hydrogens (tertiary/aromatic N) is 3. The van der Waals surface area contributed by atoms with Crippen molar-refractivity contribution in [1.29, 1.82) is 5.41 Å². The molecule has 8 nitrogen and oxygen atoms in total. The first-order valence-electron chi connectivity index (χ1n) is 12.1. The number of aryl methyl sites for hydroxylation is 2. The molecule has 4 N–H and O–H groups in total. The normalized spacial score (nSPS) is 21.5. The Morgan fingerprint density at radius 2 is 1.97 bits per heavy atom. The molecule has 0 spiro atoms. The van der Waals surface area contributed by atoms with E-state index < -0.39 is 5.97 Å². The molecule has 3 heterocycles. The van der Waals surface area contributed by atoms with Crippen molar-refractivity contribution >= 4 is 28.6 Å². The Bertz CT molecular complexity index is 1050. The van der Waals surface area contributed by atoms with Gasteiger partial charge in [0.15, 0.2) is 0 Å². The van der Waals surface area contributed by atoms with E-state index >= 15 is 0 Å². The maximum atomic E-state index is 13.4. The van der Waals surface area contributed by atoms with Crippen molar-refractivity contribution in [3.63, 3.8) is 0 Å². The summed E-state index contributed by atoms with van der Waals surface area (Å²) in [6.45, 7) is 4.34. The molecule has 0 aliphatic carbocycles. The lowest BCUT2D eigenvalue weighted by molar-refractivity contribution is -0.144. The average molecular weight is 454 g/mol. The van der Waals surface area contributed by atoms with Crippen molar-refractivity contribution in [1.82, 2.24) is 14.4 Å². The van der Waals surface area contributed by atoms with Gasteiger partial charge in [-0.2, -0.15) is 0 Å². The van der Waals surface area contributed by atoms with Crippen molar-refractivity contribution in [3.8, 4) is 0 Å². The number of hydrogen-bond acceptors (Lipinski definition) is 4. The van der Waals surface area contributed by atoms with Crippen LogP contribution in [0.1, 0.15) is 56.7 Å². The molecular weight excluding hydrogens is 418 g/mol. The Morgan fingerprint density at radius 3 is 2.70 bits per heavy atom. The van der Waals surface area contributed by atoms with Gasteiger partial charge in [0, 0.05) is 35.9 Å². The minimum absolute atomic E-state index is 0.0617. The largest absolute Gasteiger partial charge is 0.480 e. The number of carbonyl (C=O) groups excluding carboxylic acids is 1. The summed E-state index contributed by atoms with van der Waals surface area (Å²) >= 11 is 0. The highest BCUT2D eigenvalue weighted by molar-refractivity contribution is 5.98. The summed E-state index contributed by atoms with van der Waals surface area (Å²) in [5, 5.41) is 18.1. The maximum absolute atomic E-state index is 13.4. The molecule has 8 heteroatoms. The van der Waals surface area contributed by atoms with Gasteiger partial charge in [-0.25, -0.2) is 0 Å². The molecule has 33 heavy (non-hydrogen) atoms. The molecular formula is C25H35N5O3. The van der Waals surface area contributed by atoms with Crippen LogP contribution < -0.4 is 5.73 Å². The number of hydrogen-bond donors (Lipinski definition) is 3. The van der Waals surface area contributed by atoms with Crippen LogP contribution in [0.2, 0.25) is 0 Å². The number of carboxylic acid groups (broad SMARTS) is 1. The molecule has 0 saturated carbocycles. The molecule has 2 aliphatic heterocycles. The Hall–Kier alpha value is -2.87. The van der Waals surface area contributed by atoms with Crippen molar-refractivity contribution in [2.45, 2.75) is 70.5 Å². The molecule has 2 atom stereocenters. The number of carbonyl (C=O) groups is 2. The van der Waals surface area contributed by atoms with Crippen LogP contribution in [0.5, 0.6) is 0 Å². The second-order valence-corrected chi connectivity index (χ2v) is 9.31. The fraction of sp³-hybridized carbons (Fsp3) is 0.560. The third-order valence-electron chi connectivity index (χ3n) is 7.25. The van der Waals surface area contributed by atoms with Crippen molar-refractivity contribution in [2.24, 2.45) is 5.73 Å². The van der Waals surface area contributed by atoms with Crippen LogP contribution >= 0.6 is 0 Å². The first-order chi connectivity index (χ1) is 15.9. The standard InChI is InChI=1S/C25H35N5O3/c1-2-29-20(14-17-8-9-18(24(26)27)15-22(17)29)11-10-19-6-5-13-30(19)25(33)21-7-3-4-12-28(21)16-23(31)32/h8-9,14-15,19,21H,2-7,10-13,16H2,1H3,(H3,26,27)(H,31,32). The van der Waals surface area contributed by atoms with E-state index in [1.54, 1.807) is 0 Å². The van der Waals surface area contributed by atoms with Crippen molar-refractivity contribution < 1.29 is 14.7 Å². The Balaban J connectivity index is 1.48. The Labute approximate surface area is 194 Å². The smallest absolute Gasteiger partial charge is 0.317 e. The minimum atomic E-state index is -0.868. The van der Waals surface area contributed by atoms with Crippen LogP contribution in [-0.4, -0.2) is 68.9 Å². The van der Waals surface area contributed by atoms with Gasteiger partial charge in [-0.05, 0) is 69.5 Å². The van der Waals surface area contributed by atoms with E-state index in [-0.39, 0.29) is 30.4 Å². The predicted octanol–water partition coefficient (Wildman–Crippen LogP) is 2.81. The topological polar surface area (TPSA) is 116 Å². The predicted molar refractivity (Wildman–Crippen MR) is 129 cm³/mol. The van der Waals surface area contributed by atoms with Crippen LogP contribution in [0, 0.1) is 5.41 Å². The van der Waals surface area contributed by atoms with Crippen LogP contribution in [0.4, 0.5) is 0 Å². The summed E-state index contributed by atoms with van der Waals surface area (Å²) in [6.07, 6.45) is 6.44. The van der Waals surface area contributed by atoms with Crippen LogP contribution in [-0.2, 0) is 22.6 Å². The van der Waals surface area contributed by atoms with E-state index in [0.29, 0.717) is 6.54 Å². The Morgan fingerprint density at radius 1 is 1.15 bits per heavy atom. The van der Waals surface area contributed by atoms with E-state index in [9.17, 15) is 14.7 Å². The van der Waals surface area contributed by atoms with E-state index in [0.717, 1.165) is 74.5 Å². The highest BCUT2D eigenvalue weighted by Crippen LogP contribution is 2.28. The van der Waals surface area contributed by atoms with Gasteiger partial charge in [0.05, 0.1) is 12.6 Å². The number of nitrogens with two attached hydrogens (primary N) is 1. The third kappa shape index (κ3) is 4.90. The zero-order valence-corrected chi connectivity index (χ0v) is 19.4. The van der Waals surface area contributed by atoms with Gasteiger partial charge in [-0.15, -0.1) is 0 Å². The van der Waals surface area contributed by atoms with Gasteiger partial charge < -0.3 is 20.3 Å². The number of fused-ring (bicyclic) bond motifs is 1. The van der Waals surface area contributed by atoms with Crippen molar-refractivity contribution in [2.75, 3.05) is 19.6 Å². The average Bonchev–Trinajstić information content (AvgIpc) is 3.40. The second-order valence-electron chi connectivity index (χ2n) is 9.31. The molecule has 2 unspecified atom stereocenters. The third-order valence-corrected chi connectivity index (χ3v) is 7.25. The van der Waals surface area contributed by atoms with Crippen LogP contribution in [0.25, 0.3) is 10.9 Å². The number of amidine groups is 1. The molecule has 2 aromatic rings. The summed E-state index contributed by atoms with van der Waals surface area (Å²) in [6, 6.07) is 7.99. The summed E-state index contributed by atoms with van der Waals surface area (Å²) in [4.78, 5) is 28.6. The summed E-state index contributed by atoms with van der Waals surface area (Å²) in [7, 11) is 0. The lowest BCUT2D eigenvalue weighted by Crippen LogP contribution is -2.53. The van der Waals surface area contributed by atoms with Gasteiger partial charge in [0.2, 0.25) is 5.91 Å². The number of aliphatic carboxylic acids is 1. The summed E-state index contributed by atoms with van der Waals surface area (Å²) < 4.78 is 2.28. The fourth-order valence-electron chi connectivity index (χ4n) is 5.63. The zero-order valence-electron chi connectivity index (χ0n) is 19.4. The molecule has 4 rings (SSSR count). The van der Waals surface area contributed by atoms with E-state index in [2.05, 4.69) is 17.6 Å². The number of benzene rings is 1. The van der Waals surface area contributed by atoms with Gasteiger partial charge in [-0.3, -0.25) is 19.9 Å². The SMILES string of the molecule is CCn1c(CCC2CCCN2C(=O)C2CCCCN2CC(=O)O)cc2ccc(C(=N)N)cc21. The molecule has 1 amide bonds. The summed E-state index contributed by atoms with van der Waals surface area (Å²) in [5.41, 5.74) is 8.74. The lowest BCUT2D eigenvalue weighted by atomic mass is 9.99. The highest BCUT2D eigenvalue weighted by Gasteiger charge is 2.37. The fourth-order valence-corrected chi connectivity index (χ4v) is 5.63. The van der Waals surface area contributed by atoms with Crippen molar-refractivity contribution in [3.05, 3.63) is 35.5 Å². The van der Waals surface area contributed by atoms with Gasteiger partial charge >= 0.3 is 5.97 Å². The monoisotopic (exact) mass is 453 g/mol. The number of carboxylic acids is 1. The molecule has 0 bridgehead atoms. The van der Waals surface area contributed by atoms with E-state index in [1.807, 2.05) is 28.0 Å². The number of aromatic nitrogens is 1. The Kier molecular flexibility index (Phi) is 7.02. The molecule has 2 aliphatic rings. The number of piperidine rings is 1. The minimum Gasteiger partial charge on any atom is -0.480 e. The van der Waals surface area contributed by atoms with Crippen LogP contribution in [0.3, 0.4) is 0 Å². The number of rotatable bonds is 8. The van der Waals surface area contributed by atoms with Gasteiger partial charge in [0.25, 0.3) is 0 Å². The van der Waals surface area contributed by atoms with Gasteiger partial charge in [0.1, 0.15) is 5.84 Å². The first-order valence-corrected chi connectivity index (χ1v) is 12.1. The first kappa shape index (κ1) is 23.3. The highest BCUT2D eigenvalue weighted by atomic mass is 16.4. The molecule has 0 radical (unpaired) electrons. The number of amides is 1. The van der Waals surface area contributed by atoms with E-state index in [1.165, 1.54) is 5.69 Å². The quantitative estimate of drug-likeness (QED) is 0.420. The summed E-state index contributed by atoms with van der Waals surface area (Å²) in [5.74, 6) is -0.685. The maximum Gasteiger partial charge on any atom is 0.317 e. The zero-order chi connectivity index (χ0) is 23.5. The van der Waals surface area contributed by atoms with Gasteiger partial charge in [-0.1, -0.05) is 18.6 Å². The molecule has 1 aromatic heterocycles. The molecule has 178 valence electrons. The van der Waals surface area contributed by atoms with Crippen LogP contribution in [0.15, 0.2) is 24.3 Å². The number of nitrogen functional groups attached to an aromatic ring is 1. The number of likely N-dealkylation sites (tertiary alicyclic amines) is 2. The number of nitrogens with one attached hydrogen (secondary N) is 1. The second kappa shape index (κ2) is 9.95. The lowest BCUT2D eigenvalue weighted by Gasteiger charge is -2.37.